The Morgan fingerprint density at radius 1 is 1.32 bits per heavy atom. The highest BCUT2D eigenvalue weighted by atomic mass is 16.5. The Morgan fingerprint density at radius 2 is 2.26 bits per heavy atom. The van der Waals surface area contributed by atoms with Crippen LogP contribution in [0, 0.1) is 0 Å². The van der Waals surface area contributed by atoms with Crippen LogP contribution < -0.4 is 10.1 Å². The smallest absolute Gasteiger partial charge is 0.122 e. The van der Waals surface area contributed by atoms with Gasteiger partial charge < -0.3 is 14.8 Å². The molecule has 0 saturated carbocycles. The zero-order chi connectivity index (χ0) is 13.1. The number of hydrogen-bond acceptors (Lipinski definition) is 3. The third-order valence-corrected chi connectivity index (χ3v) is 4.21. The molecule has 3 nitrogen and oxygen atoms in total. The zero-order valence-corrected chi connectivity index (χ0v) is 11.7. The van der Waals surface area contributed by atoms with E-state index in [1.165, 1.54) is 24.0 Å². The lowest BCUT2D eigenvalue weighted by molar-refractivity contribution is 0.0954. The minimum Gasteiger partial charge on any atom is -0.493 e. The summed E-state index contributed by atoms with van der Waals surface area (Å²) in [5, 5.41) is 3.43. The number of rotatable bonds is 4. The average molecular weight is 261 g/mol. The van der Waals surface area contributed by atoms with Crippen LogP contribution in [0.4, 0.5) is 0 Å². The standard InChI is InChI=1S/C16H23NO2/c1-17-15(11-14-5-3-8-18-14)12-6-7-16-13(10-12)4-2-9-19-16/h6-7,10,14-15,17H,2-5,8-9,11H2,1H3. The normalized spacial score (nSPS) is 23.7. The predicted octanol–water partition coefficient (Wildman–Crippen LogP) is 2.84. The molecular weight excluding hydrogens is 238 g/mol. The van der Waals surface area contributed by atoms with Gasteiger partial charge in [0.15, 0.2) is 0 Å². The van der Waals surface area contributed by atoms with Gasteiger partial charge in [-0.2, -0.15) is 0 Å². The van der Waals surface area contributed by atoms with E-state index in [0.29, 0.717) is 12.1 Å². The molecule has 0 aliphatic carbocycles. The SMILES string of the molecule is CNC(CC1CCCO1)c1ccc2c(c1)CCCO2. The molecule has 1 saturated heterocycles. The van der Waals surface area contributed by atoms with E-state index in [4.69, 9.17) is 9.47 Å². The number of hydrogen-bond donors (Lipinski definition) is 1. The fraction of sp³-hybridized carbons (Fsp3) is 0.625. The fourth-order valence-corrected chi connectivity index (χ4v) is 3.11. The van der Waals surface area contributed by atoms with Crippen molar-refractivity contribution in [3.8, 4) is 5.75 Å². The monoisotopic (exact) mass is 261 g/mol. The third kappa shape index (κ3) is 2.93. The second-order valence-corrected chi connectivity index (χ2v) is 5.53. The third-order valence-electron chi connectivity index (χ3n) is 4.21. The van der Waals surface area contributed by atoms with Gasteiger partial charge in [0, 0.05) is 12.6 Å². The fourth-order valence-electron chi connectivity index (χ4n) is 3.11. The van der Waals surface area contributed by atoms with E-state index in [9.17, 15) is 0 Å². The van der Waals surface area contributed by atoms with E-state index in [-0.39, 0.29) is 0 Å². The molecule has 2 heterocycles. The highest BCUT2D eigenvalue weighted by Gasteiger charge is 2.22. The number of nitrogens with one attached hydrogen (secondary N) is 1. The summed E-state index contributed by atoms with van der Waals surface area (Å²) in [7, 11) is 2.04. The Morgan fingerprint density at radius 3 is 3.05 bits per heavy atom. The van der Waals surface area contributed by atoms with Gasteiger partial charge in [-0.05, 0) is 56.3 Å². The second kappa shape index (κ2) is 5.93. The molecule has 2 aliphatic rings. The van der Waals surface area contributed by atoms with Crippen LogP contribution in [-0.4, -0.2) is 26.4 Å². The van der Waals surface area contributed by atoms with Crippen molar-refractivity contribution >= 4 is 0 Å². The van der Waals surface area contributed by atoms with E-state index in [0.717, 1.165) is 38.2 Å². The Kier molecular flexibility index (Phi) is 4.04. The molecule has 104 valence electrons. The first kappa shape index (κ1) is 12.9. The Hall–Kier alpha value is -1.06. The first-order valence-corrected chi connectivity index (χ1v) is 7.41. The molecule has 0 spiro atoms. The van der Waals surface area contributed by atoms with Gasteiger partial charge in [-0.3, -0.25) is 0 Å². The van der Waals surface area contributed by atoms with Crippen molar-refractivity contribution in [1.82, 2.24) is 5.32 Å². The first-order chi connectivity index (χ1) is 9.36. The van der Waals surface area contributed by atoms with Crippen molar-refractivity contribution in [3.63, 3.8) is 0 Å². The summed E-state index contributed by atoms with van der Waals surface area (Å²) < 4.78 is 11.4. The number of fused-ring (bicyclic) bond motifs is 1. The highest BCUT2D eigenvalue weighted by molar-refractivity contribution is 5.39. The molecule has 2 aliphatic heterocycles. The maximum Gasteiger partial charge on any atom is 0.122 e. The molecule has 3 rings (SSSR count). The van der Waals surface area contributed by atoms with Gasteiger partial charge in [-0.15, -0.1) is 0 Å². The van der Waals surface area contributed by atoms with Crippen LogP contribution in [0.25, 0.3) is 0 Å². The van der Waals surface area contributed by atoms with Gasteiger partial charge in [0.05, 0.1) is 12.7 Å². The van der Waals surface area contributed by atoms with Crippen LogP contribution in [0.2, 0.25) is 0 Å². The molecule has 2 unspecified atom stereocenters. The molecule has 1 fully saturated rings. The van der Waals surface area contributed by atoms with Crippen molar-refractivity contribution in [3.05, 3.63) is 29.3 Å². The quantitative estimate of drug-likeness (QED) is 0.904. The number of aryl methyl sites for hydroxylation is 1. The maximum atomic E-state index is 5.75. The number of benzene rings is 1. The summed E-state index contributed by atoms with van der Waals surface area (Å²) >= 11 is 0. The number of ether oxygens (including phenoxy) is 2. The van der Waals surface area contributed by atoms with E-state index >= 15 is 0 Å². The molecule has 1 aromatic carbocycles. The molecule has 19 heavy (non-hydrogen) atoms. The van der Waals surface area contributed by atoms with Crippen molar-refractivity contribution in [2.45, 2.75) is 44.2 Å². The van der Waals surface area contributed by atoms with E-state index in [1.807, 2.05) is 7.05 Å². The summed E-state index contributed by atoms with van der Waals surface area (Å²) in [5.41, 5.74) is 2.72. The van der Waals surface area contributed by atoms with Crippen molar-refractivity contribution in [2.24, 2.45) is 0 Å². The summed E-state index contributed by atoms with van der Waals surface area (Å²) in [6.07, 6.45) is 6.16. The molecular formula is C16H23NO2. The largest absolute Gasteiger partial charge is 0.493 e. The Bertz CT molecular complexity index is 427. The maximum absolute atomic E-state index is 5.75. The Balaban J connectivity index is 1.74. The molecule has 3 heteroatoms. The van der Waals surface area contributed by atoms with Crippen molar-refractivity contribution in [1.29, 1.82) is 0 Å². The first-order valence-electron chi connectivity index (χ1n) is 7.41. The summed E-state index contributed by atoms with van der Waals surface area (Å²) in [5.74, 6) is 1.07. The topological polar surface area (TPSA) is 30.5 Å². The van der Waals surface area contributed by atoms with Crippen LogP contribution in [0.5, 0.6) is 5.75 Å². The lowest BCUT2D eigenvalue weighted by Crippen LogP contribution is -2.22. The highest BCUT2D eigenvalue weighted by Crippen LogP contribution is 2.30. The van der Waals surface area contributed by atoms with Gasteiger partial charge in [-0.1, -0.05) is 12.1 Å². The van der Waals surface area contributed by atoms with Gasteiger partial charge in [0.25, 0.3) is 0 Å². The minimum atomic E-state index is 0.385. The van der Waals surface area contributed by atoms with E-state index < -0.39 is 0 Å². The molecule has 0 aromatic heterocycles. The average Bonchev–Trinajstić information content (AvgIpc) is 2.97. The molecule has 1 aromatic rings. The lowest BCUT2D eigenvalue weighted by Gasteiger charge is -2.23. The molecule has 1 N–H and O–H groups in total. The van der Waals surface area contributed by atoms with Gasteiger partial charge in [0.1, 0.15) is 5.75 Å². The summed E-state index contributed by atoms with van der Waals surface area (Å²) in [6, 6.07) is 7.02. The van der Waals surface area contributed by atoms with Crippen molar-refractivity contribution in [2.75, 3.05) is 20.3 Å². The predicted molar refractivity (Wildman–Crippen MR) is 75.6 cm³/mol. The summed E-state index contributed by atoms with van der Waals surface area (Å²) in [6.45, 7) is 1.79. The molecule has 0 bridgehead atoms. The lowest BCUT2D eigenvalue weighted by atomic mass is 9.95. The van der Waals surface area contributed by atoms with Gasteiger partial charge in [0.2, 0.25) is 0 Å². The van der Waals surface area contributed by atoms with E-state index in [1.54, 1.807) is 0 Å². The molecule has 0 radical (unpaired) electrons. The van der Waals surface area contributed by atoms with Crippen LogP contribution in [-0.2, 0) is 11.2 Å². The second-order valence-electron chi connectivity index (χ2n) is 5.53. The van der Waals surface area contributed by atoms with Gasteiger partial charge in [-0.25, -0.2) is 0 Å². The Labute approximate surface area is 115 Å². The van der Waals surface area contributed by atoms with Gasteiger partial charge >= 0.3 is 0 Å². The zero-order valence-electron chi connectivity index (χ0n) is 11.7. The van der Waals surface area contributed by atoms with Crippen LogP contribution >= 0.6 is 0 Å². The van der Waals surface area contributed by atoms with E-state index in [2.05, 4.69) is 23.5 Å². The molecule has 0 amide bonds. The van der Waals surface area contributed by atoms with Crippen LogP contribution in [0.1, 0.15) is 42.9 Å². The molecule has 2 atom stereocenters. The minimum absolute atomic E-state index is 0.385. The summed E-state index contributed by atoms with van der Waals surface area (Å²) in [4.78, 5) is 0. The van der Waals surface area contributed by atoms with Crippen LogP contribution in [0.3, 0.4) is 0 Å². The van der Waals surface area contributed by atoms with Crippen molar-refractivity contribution < 1.29 is 9.47 Å². The van der Waals surface area contributed by atoms with Crippen LogP contribution in [0.15, 0.2) is 18.2 Å².